The van der Waals surface area contributed by atoms with Crippen LogP contribution in [0.15, 0.2) is 6.20 Å². The topological polar surface area (TPSA) is 47.4 Å². The van der Waals surface area contributed by atoms with Crippen molar-refractivity contribution < 1.29 is 9.53 Å². The number of hydrogen-bond donors (Lipinski definition) is 0. The standard InChI is InChI=1S/C21H35N3O2/c1-17-16-22-20(24(17)13-14-26-2)15-19-9-11-23(12-10-19)21(25)8-7-18-5-3-4-6-18/h16,18-19H,3-15H2,1-2H3. The monoisotopic (exact) mass is 361 g/mol. The van der Waals surface area contributed by atoms with Crippen LogP contribution in [0.4, 0.5) is 0 Å². The van der Waals surface area contributed by atoms with Crippen molar-refractivity contribution in [1.82, 2.24) is 14.5 Å². The molecule has 1 saturated carbocycles. The summed E-state index contributed by atoms with van der Waals surface area (Å²) >= 11 is 0. The molecule has 146 valence electrons. The van der Waals surface area contributed by atoms with Crippen molar-refractivity contribution in [3.05, 3.63) is 17.7 Å². The molecule has 0 N–H and O–H groups in total. The number of methoxy groups -OCH3 is 1. The first-order chi connectivity index (χ1) is 12.7. The molecule has 5 nitrogen and oxygen atoms in total. The molecule has 2 heterocycles. The van der Waals surface area contributed by atoms with Gasteiger partial charge in [0.05, 0.1) is 6.61 Å². The van der Waals surface area contributed by atoms with Crippen molar-refractivity contribution in [3.63, 3.8) is 0 Å². The Hall–Kier alpha value is -1.36. The van der Waals surface area contributed by atoms with E-state index in [0.717, 1.165) is 64.3 Å². The first kappa shape index (κ1) is 19.4. The van der Waals surface area contributed by atoms with Gasteiger partial charge >= 0.3 is 0 Å². The van der Waals surface area contributed by atoms with Gasteiger partial charge in [-0.05, 0) is 38.0 Å². The molecule has 0 bridgehead atoms. The molecule has 2 aliphatic rings. The van der Waals surface area contributed by atoms with E-state index in [1.165, 1.54) is 37.2 Å². The van der Waals surface area contributed by atoms with Crippen LogP contribution >= 0.6 is 0 Å². The lowest BCUT2D eigenvalue weighted by atomic mass is 9.92. The Balaban J connectivity index is 1.43. The van der Waals surface area contributed by atoms with Crippen molar-refractivity contribution in [3.8, 4) is 0 Å². The molecule has 0 radical (unpaired) electrons. The normalized spacial score (nSPS) is 19.4. The highest BCUT2D eigenvalue weighted by Gasteiger charge is 2.25. The summed E-state index contributed by atoms with van der Waals surface area (Å²) < 4.78 is 7.50. The summed E-state index contributed by atoms with van der Waals surface area (Å²) in [5.74, 6) is 3.00. The molecule has 1 amide bonds. The van der Waals surface area contributed by atoms with Crippen LogP contribution in [-0.4, -0.2) is 47.2 Å². The maximum absolute atomic E-state index is 12.5. The van der Waals surface area contributed by atoms with Gasteiger partial charge in [0.1, 0.15) is 5.82 Å². The smallest absolute Gasteiger partial charge is 0.222 e. The van der Waals surface area contributed by atoms with Crippen LogP contribution in [0.1, 0.15) is 62.9 Å². The van der Waals surface area contributed by atoms with Gasteiger partial charge in [-0.2, -0.15) is 0 Å². The molecular weight excluding hydrogens is 326 g/mol. The van der Waals surface area contributed by atoms with Gasteiger partial charge in [0.15, 0.2) is 0 Å². The summed E-state index contributed by atoms with van der Waals surface area (Å²) in [6.45, 7) is 5.55. The Morgan fingerprint density at radius 3 is 2.62 bits per heavy atom. The highest BCUT2D eigenvalue weighted by molar-refractivity contribution is 5.76. The molecule has 1 saturated heterocycles. The minimum Gasteiger partial charge on any atom is -0.383 e. The van der Waals surface area contributed by atoms with Gasteiger partial charge in [-0.1, -0.05) is 25.7 Å². The third-order valence-electron chi connectivity index (χ3n) is 6.34. The van der Waals surface area contributed by atoms with Crippen molar-refractivity contribution in [2.45, 2.75) is 71.3 Å². The van der Waals surface area contributed by atoms with Crippen LogP contribution in [0, 0.1) is 18.8 Å². The van der Waals surface area contributed by atoms with Crippen LogP contribution in [0.5, 0.6) is 0 Å². The summed E-state index contributed by atoms with van der Waals surface area (Å²) in [4.78, 5) is 19.2. The predicted octanol–water partition coefficient (Wildman–Crippen LogP) is 3.59. The fourth-order valence-corrected chi connectivity index (χ4v) is 4.59. The number of amides is 1. The maximum Gasteiger partial charge on any atom is 0.222 e. The Morgan fingerprint density at radius 1 is 1.19 bits per heavy atom. The lowest BCUT2D eigenvalue weighted by Gasteiger charge is -2.32. The zero-order valence-electron chi connectivity index (χ0n) is 16.6. The average Bonchev–Trinajstić information content (AvgIpc) is 3.29. The second-order valence-electron chi connectivity index (χ2n) is 8.18. The van der Waals surface area contributed by atoms with Crippen LogP contribution in [0.3, 0.4) is 0 Å². The predicted molar refractivity (Wildman–Crippen MR) is 103 cm³/mol. The van der Waals surface area contributed by atoms with Crippen molar-refractivity contribution in [1.29, 1.82) is 0 Å². The van der Waals surface area contributed by atoms with Crippen LogP contribution < -0.4 is 0 Å². The molecule has 0 aromatic carbocycles. The lowest BCUT2D eigenvalue weighted by molar-refractivity contribution is -0.132. The van der Waals surface area contributed by atoms with E-state index in [9.17, 15) is 4.79 Å². The largest absolute Gasteiger partial charge is 0.383 e. The Labute approximate surface area is 158 Å². The summed E-state index contributed by atoms with van der Waals surface area (Å²) in [6.07, 6.45) is 12.5. The summed E-state index contributed by atoms with van der Waals surface area (Å²) in [5, 5.41) is 0. The van der Waals surface area contributed by atoms with E-state index in [2.05, 4.69) is 21.4 Å². The van der Waals surface area contributed by atoms with E-state index < -0.39 is 0 Å². The van der Waals surface area contributed by atoms with Crippen molar-refractivity contribution >= 4 is 5.91 Å². The molecule has 5 heteroatoms. The number of piperidine rings is 1. The third-order valence-corrected chi connectivity index (χ3v) is 6.34. The number of hydrogen-bond acceptors (Lipinski definition) is 3. The Bertz CT molecular complexity index is 570. The van der Waals surface area contributed by atoms with Gasteiger partial charge in [0.2, 0.25) is 5.91 Å². The number of aromatic nitrogens is 2. The number of nitrogens with zero attached hydrogens (tertiary/aromatic N) is 3. The summed E-state index contributed by atoms with van der Waals surface area (Å²) in [7, 11) is 1.74. The zero-order valence-corrected chi connectivity index (χ0v) is 16.6. The van der Waals surface area contributed by atoms with Crippen LogP contribution in [-0.2, 0) is 22.5 Å². The first-order valence-corrected chi connectivity index (χ1v) is 10.4. The van der Waals surface area contributed by atoms with E-state index in [4.69, 9.17) is 4.74 Å². The summed E-state index contributed by atoms with van der Waals surface area (Å²) in [6, 6.07) is 0. The number of likely N-dealkylation sites (tertiary alicyclic amines) is 1. The Morgan fingerprint density at radius 2 is 1.92 bits per heavy atom. The molecule has 1 aliphatic carbocycles. The van der Waals surface area contributed by atoms with Crippen molar-refractivity contribution in [2.24, 2.45) is 11.8 Å². The number of imidazole rings is 1. The van der Waals surface area contributed by atoms with Gasteiger partial charge in [-0.3, -0.25) is 4.79 Å². The average molecular weight is 362 g/mol. The van der Waals surface area contributed by atoms with E-state index in [1.807, 2.05) is 6.20 Å². The third kappa shape index (κ3) is 5.09. The number of ether oxygens (including phenoxy) is 1. The lowest BCUT2D eigenvalue weighted by Crippen LogP contribution is -2.39. The van der Waals surface area contributed by atoms with Gasteiger partial charge in [0, 0.05) is 51.5 Å². The molecule has 2 fully saturated rings. The Kier molecular flexibility index (Phi) is 7.12. The SMILES string of the molecule is COCCn1c(C)cnc1CC1CCN(C(=O)CCC2CCCC2)CC1. The maximum atomic E-state index is 12.5. The fourth-order valence-electron chi connectivity index (χ4n) is 4.59. The van der Waals surface area contributed by atoms with Gasteiger partial charge in [0.25, 0.3) is 0 Å². The molecule has 0 spiro atoms. The number of carbonyl (C=O) groups is 1. The van der Waals surface area contributed by atoms with Crippen molar-refractivity contribution in [2.75, 3.05) is 26.8 Å². The fraction of sp³-hybridized carbons (Fsp3) is 0.810. The van der Waals surface area contributed by atoms with Gasteiger partial charge in [-0.25, -0.2) is 4.98 Å². The van der Waals surface area contributed by atoms with E-state index in [-0.39, 0.29) is 0 Å². The van der Waals surface area contributed by atoms with E-state index in [0.29, 0.717) is 11.8 Å². The highest BCUT2D eigenvalue weighted by atomic mass is 16.5. The zero-order chi connectivity index (χ0) is 18.4. The molecule has 1 aromatic rings. The van der Waals surface area contributed by atoms with Gasteiger partial charge < -0.3 is 14.2 Å². The number of carbonyl (C=O) groups excluding carboxylic acids is 1. The van der Waals surface area contributed by atoms with Gasteiger partial charge in [-0.15, -0.1) is 0 Å². The quantitative estimate of drug-likeness (QED) is 0.711. The second kappa shape index (κ2) is 9.54. The molecule has 0 atom stereocenters. The second-order valence-corrected chi connectivity index (χ2v) is 8.18. The first-order valence-electron chi connectivity index (χ1n) is 10.4. The molecule has 26 heavy (non-hydrogen) atoms. The molecule has 0 unspecified atom stereocenters. The number of rotatable bonds is 8. The minimum absolute atomic E-state index is 0.382. The highest BCUT2D eigenvalue weighted by Crippen LogP contribution is 2.29. The molecular formula is C21H35N3O2. The van der Waals surface area contributed by atoms with Crippen LogP contribution in [0.2, 0.25) is 0 Å². The van der Waals surface area contributed by atoms with E-state index in [1.54, 1.807) is 7.11 Å². The number of aryl methyl sites for hydroxylation is 1. The molecule has 1 aliphatic heterocycles. The minimum atomic E-state index is 0.382. The van der Waals surface area contributed by atoms with E-state index >= 15 is 0 Å². The molecule has 1 aromatic heterocycles. The molecule has 3 rings (SSSR count). The summed E-state index contributed by atoms with van der Waals surface area (Å²) in [5.41, 5.74) is 1.21. The van der Waals surface area contributed by atoms with Crippen LogP contribution in [0.25, 0.3) is 0 Å².